The van der Waals surface area contributed by atoms with Crippen LogP contribution in [-0.2, 0) is 0 Å². The minimum atomic E-state index is 0.406. The van der Waals surface area contributed by atoms with Gasteiger partial charge in [0.25, 0.3) is 0 Å². The molecule has 0 radical (unpaired) electrons. The summed E-state index contributed by atoms with van der Waals surface area (Å²) in [5.74, 6) is 7.60. The van der Waals surface area contributed by atoms with E-state index < -0.39 is 0 Å². The first kappa shape index (κ1) is 23.4. The first-order valence-electron chi connectivity index (χ1n) is 14.9. The molecule has 186 valence electrons. The zero-order chi connectivity index (χ0) is 24.2. The topological polar surface area (TPSA) is 0 Å². The van der Waals surface area contributed by atoms with Crippen molar-refractivity contribution in [2.45, 2.75) is 99.3 Å². The molecule has 0 heterocycles. The van der Waals surface area contributed by atoms with Crippen molar-refractivity contribution in [2.24, 2.45) is 63.6 Å². The molecule has 0 N–H and O–H groups in total. The quantitative estimate of drug-likeness (QED) is 0.333. The maximum Gasteiger partial charge on any atom is 0.00202 e. The van der Waals surface area contributed by atoms with Crippen LogP contribution in [0.4, 0.5) is 0 Å². The van der Waals surface area contributed by atoms with Crippen LogP contribution in [0.5, 0.6) is 0 Å². The predicted octanol–water partition coefficient (Wildman–Crippen LogP) is 9.55. The molecule has 5 fully saturated rings. The van der Waals surface area contributed by atoms with Gasteiger partial charge in [0.05, 0.1) is 0 Å². The van der Waals surface area contributed by atoms with Crippen LogP contribution < -0.4 is 0 Å². The molecule has 6 aliphatic rings. The SMILES string of the molecule is C=C/C(CC)=C(/C)CC(CC)CC1CCC2C3CC4C5C6C=C(C)C(=C)C(C)(C3CCC12C)C645. The number of fused-ring (bicyclic) bond motifs is 6. The lowest BCUT2D eigenvalue weighted by molar-refractivity contribution is -0.0867. The van der Waals surface area contributed by atoms with Crippen molar-refractivity contribution in [2.75, 3.05) is 0 Å². The Morgan fingerprint density at radius 2 is 1.91 bits per heavy atom. The van der Waals surface area contributed by atoms with E-state index in [1.807, 2.05) is 0 Å². The van der Waals surface area contributed by atoms with Gasteiger partial charge < -0.3 is 0 Å². The third-order valence-corrected chi connectivity index (χ3v) is 13.6. The van der Waals surface area contributed by atoms with Crippen molar-refractivity contribution in [3.05, 3.63) is 47.6 Å². The Balaban J connectivity index is 1.22. The summed E-state index contributed by atoms with van der Waals surface area (Å²) in [4.78, 5) is 0. The molecular weight excluding hydrogens is 408 g/mol. The lowest BCUT2D eigenvalue weighted by Crippen LogP contribution is -2.54. The van der Waals surface area contributed by atoms with Gasteiger partial charge in [-0.25, -0.2) is 0 Å². The molecule has 6 aliphatic carbocycles. The average molecular weight is 459 g/mol. The highest BCUT2D eigenvalue weighted by atomic mass is 15.0. The minimum absolute atomic E-state index is 0.406. The molecule has 34 heavy (non-hydrogen) atoms. The van der Waals surface area contributed by atoms with Crippen molar-refractivity contribution in [1.29, 1.82) is 0 Å². The van der Waals surface area contributed by atoms with Crippen molar-refractivity contribution in [3.63, 3.8) is 0 Å². The summed E-state index contributed by atoms with van der Waals surface area (Å²) in [5.41, 5.74) is 7.82. The molecule has 1 spiro atoms. The molecule has 6 rings (SSSR count). The largest absolute Gasteiger partial charge is 0.0988 e. The Hall–Kier alpha value is -1.04. The van der Waals surface area contributed by atoms with Crippen LogP contribution in [0.1, 0.15) is 99.3 Å². The van der Waals surface area contributed by atoms with Crippen molar-refractivity contribution < 1.29 is 0 Å². The Morgan fingerprint density at radius 3 is 2.59 bits per heavy atom. The molecule has 0 nitrogen and oxygen atoms in total. The standard InChI is InChI=1S/C34H50/c1-9-23(16-21(5)24(10-2)11-3)18-25-12-13-27-26-19-30-31-29-17-20(4)22(6)33(8,34(29,30)31)28(26)14-15-32(25,27)7/h10,17,23,25-31H,2,6,9,11-16,18-19H2,1,3-5,7-8H3/b24-21+. The molecule has 0 aliphatic heterocycles. The highest BCUT2D eigenvalue weighted by Crippen LogP contribution is 2.98. The monoisotopic (exact) mass is 458 g/mol. The summed E-state index contributed by atoms with van der Waals surface area (Å²) in [5, 5.41) is 0. The lowest BCUT2D eigenvalue weighted by atomic mass is 9.44. The Bertz CT molecular complexity index is 976. The van der Waals surface area contributed by atoms with Crippen LogP contribution in [0.15, 0.2) is 47.6 Å². The van der Waals surface area contributed by atoms with Crippen molar-refractivity contribution in [1.82, 2.24) is 0 Å². The van der Waals surface area contributed by atoms with Crippen LogP contribution in [-0.4, -0.2) is 0 Å². The molecule has 0 aromatic heterocycles. The van der Waals surface area contributed by atoms with E-state index in [1.54, 1.807) is 23.1 Å². The third kappa shape index (κ3) is 2.62. The van der Waals surface area contributed by atoms with E-state index in [-0.39, 0.29) is 0 Å². The summed E-state index contributed by atoms with van der Waals surface area (Å²) in [6.45, 7) is 23.7. The first-order valence-corrected chi connectivity index (χ1v) is 14.9. The molecule has 11 atom stereocenters. The fourth-order valence-electron chi connectivity index (χ4n) is 11.7. The molecule has 5 saturated carbocycles. The van der Waals surface area contributed by atoms with E-state index >= 15 is 0 Å². The van der Waals surface area contributed by atoms with Crippen LogP contribution in [0.3, 0.4) is 0 Å². The van der Waals surface area contributed by atoms with Gasteiger partial charge in [-0.2, -0.15) is 0 Å². The van der Waals surface area contributed by atoms with Gasteiger partial charge in [0.1, 0.15) is 0 Å². The minimum Gasteiger partial charge on any atom is -0.0988 e. The molecule has 0 bridgehead atoms. The van der Waals surface area contributed by atoms with Gasteiger partial charge in [-0.3, -0.25) is 0 Å². The van der Waals surface area contributed by atoms with E-state index in [4.69, 9.17) is 6.58 Å². The second kappa shape index (κ2) is 7.49. The molecule has 0 aromatic rings. The summed E-state index contributed by atoms with van der Waals surface area (Å²) < 4.78 is 0. The van der Waals surface area contributed by atoms with Crippen molar-refractivity contribution in [3.8, 4) is 0 Å². The highest BCUT2D eigenvalue weighted by molar-refractivity contribution is 5.56. The van der Waals surface area contributed by atoms with Gasteiger partial charge in [0, 0.05) is 5.41 Å². The number of rotatable bonds is 7. The molecule has 0 aromatic carbocycles. The van der Waals surface area contributed by atoms with Crippen molar-refractivity contribution >= 4 is 0 Å². The summed E-state index contributed by atoms with van der Waals surface area (Å²) >= 11 is 0. The van der Waals surface area contributed by atoms with E-state index in [0.717, 1.165) is 53.8 Å². The zero-order valence-electron chi connectivity index (χ0n) is 23.1. The molecule has 0 saturated heterocycles. The average Bonchev–Trinajstić information content (AvgIpc) is 3.65. The van der Waals surface area contributed by atoms with Crippen LogP contribution >= 0.6 is 0 Å². The maximum absolute atomic E-state index is 4.77. The van der Waals surface area contributed by atoms with Gasteiger partial charge in [-0.15, -0.1) is 0 Å². The molecule has 0 amide bonds. The van der Waals surface area contributed by atoms with Crippen LogP contribution in [0.2, 0.25) is 0 Å². The number of allylic oxidation sites excluding steroid dienone is 6. The van der Waals surface area contributed by atoms with Gasteiger partial charge in [-0.05, 0) is 135 Å². The Morgan fingerprint density at radius 1 is 1.15 bits per heavy atom. The summed E-state index contributed by atoms with van der Waals surface area (Å²) in [7, 11) is 0. The van der Waals surface area contributed by atoms with Gasteiger partial charge >= 0.3 is 0 Å². The fraction of sp³-hybridized carbons (Fsp3) is 0.765. The molecule has 0 heteroatoms. The van der Waals surface area contributed by atoms with Gasteiger partial charge in [-0.1, -0.05) is 70.6 Å². The predicted molar refractivity (Wildman–Crippen MR) is 145 cm³/mol. The van der Waals surface area contributed by atoms with E-state index in [2.05, 4.69) is 60.3 Å². The lowest BCUT2D eigenvalue weighted by Gasteiger charge is -2.60. The van der Waals surface area contributed by atoms with E-state index in [9.17, 15) is 0 Å². The summed E-state index contributed by atoms with van der Waals surface area (Å²) in [6.07, 6.45) is 17.4. The second-order valence-electron chi connectivity index (χ2n) is 14.1. The smallest absolute Gasteiger partial charge is 0.00202 e. The first-order chi connectivity index (χ1) is 16.2. The Kier molecular flexibility index (Phi) is 5.15. The zero-order valence-corrected chi connectivity index (χ0v) is 23.1. The number of hydrogen-bond acceptors (Lipinski definition) is 0. The summed E-state index contributed by atoms with van der Waals surface area (Å²) in [6, 6.07) is 0. The van der Waals surface area contributed by atoms with Gasteiger partial charge in [0.2, 0.25) is 0 Å². The van der Waals surface area contributed by atoms with E-state index in [0.29, 0.717) is 16.2 Å². The second-order valence-corrected chi connectivity index (χ2v) is 14.1. The van der Waals surface area contributed by atoms with Crippen LogP contribution in [0, 0.1) is 63.6 Å². The molecule has 11 unspecified atom stereocenters. The van der Waals surface area contributed by atoms with Gasteiger partial charge in [0.15, 0.2) is 0 Å². The number of hydrogen-bond donors (Lipinski definition) is 0. The highest BCUT2D eigenvalue weighted by Gasteiger charge is 2.94. The molecular formula is C34H50. The maximum atomic E-state index is 4.77. The normalized spacial score (nSPS) is 51.3. The fourth-order valence-corrected chi connectivity index (χ4v) is 11.7. The van der Waals surface area contributed by atoms with Crippen LogP contribution in [0.25, 0.3) is 0 Å². The Labute approximate surface area is 210 Å². The van der Waals surface area contributed by atoms with E-state index in [1.165, 1.54) is 50.5 Å². The third-order valence-electron chi connectivity index (χ3n) is 13.6.